The van der Waals surface area contributed by atoms with Crippen molar-refractivity contribution in [2.75, 3.05) is 0 Å². The van der Waals surface area contributed by atoms with Gasteiger partial charge in [-0.25, -0.2) is 13.2 Å². The Kier molecular flexibility index (Phi) is 7.63. The van der Waals surface area contributed by atoms with Crippen LogP contribution in [0.25, 0.3) is 10.8 Å². The van der Waals surface area contributed by atoms with Gasteiger partial charge in [0.15, 0.2) is 11.6 Å². The van der Waals surface area contributed by atoms with Gasteiger partial charge in [0.25, 0.3) is 0 Å². The molecular weight excluding hydrogens is 405 g/mol. The summed E-state index contributed by atoms with van der Waals surface area (Å²) < 4.78 is 45.2. The summed E-state index contributed by atoms with van der Waals surface area (Å²) in [6.07, 6.45) is 14.8. The minimum atomic E-state index is -1.02. The second-order valence-corrected chi connectivity index (χ2v) is 10.3. The number of fused-ring (bicyclic) bond motifs is 2. The molecule has 174 valence electrons. The fourth-order valence-corrected chi connectivity index (χ4v) is 6.41. The van der Waals surface area contributed by atoms with Crippen molar-refractivity contribution in [1.82, 2.24) is 0 Å². The Labute approximate surface area is 191 Å². The molecule has 2 aliphatic rings. The predicted molar refractivity (Wildman–Crippen MR) is 127 cm³/mol. The van der Waals surface area contributed by atoms with Crippen molar-refractivity contribution < 1.29 is 13.2 Å². The van der Waals surface area contributed by atoms with E-state index in [9.17, 15) is 4.39 Å². The molecule has 0 bridgehead atoms. The smallest absolute Gasteiger partial charge is 0.169 e. The SMILES string of the molecule is C=CCCc1ccc2cc(C3CCC4CC(CCCCC)CCC4C3)c(F)c(F)c2c1F. The standard InChI is InChI=1S/C29H37F3/c1-3-5-7-8-19-10-11-22-17-23(14-13-21(22)16-19)25-18-24-15-12-20(9-6-4-2)27(30)26(24)29(32)28(25)31/h4,12,15,18-19,21-23H,2-3,5-11,13-14,16-17H2,1H3. The first-order chi connectivity index (χ1) is 15.5. The highest BCUT2D eigenvalue weighted by Gasteiger charge is 2.37. The highest BCUT2D eigenvalue weighted by atomic mass is 19.2. The quantitative estimate of drug-likeness (QED) is 0.282. The molecule has 0 nitrogen and oxygen atoms in total. The number of hydrogen-bond acceptors (Lipinski definition) is 0. The van der Waals surface area contributed by atoms with E-state index in [0.717, 1.165) is 31.1 Å². The van der Waals surface area contributed by atoms with E-state index in [1.165, 1.54) is 44.9 Å². The number of unbranched alkanes of at least 4 members (excludes halogenated alkanes) is 2. The van der Waals surface area contributed by atoms with Gasteiger partial charge in [-0.2, -0.15) is 0 Å². The summed E-state index contributed by atoms with van der Waals surface area (Å²) in [6, 6.07) is 5.17. The molecule has 2 fully saturated rings. The highest BCUT2D eigenvalue weighted by Crippen LogP contribution is 2.49. The van der Waals surface area contributed by atoms with Crippen LogP contribution < -0.4 is 0 Å². The summed E-state index contributed by atoms with van der Waals surface area (Å²) in [5.41, 5.74) is 0.872. The molecule has 0 saturated heterocycles. The Balaban J connectivity index is 1.51. The molecule has 2 saturated carbocycles. The van der Waals surface area contributed by atoms with E-state index >= 15 is 8.78 Å². The Morgan fingerprint density at radius 1 is 0.938 bits per heavy atom. The van der Waals surface area contributed by atoms with Crippen LogP contribution in [0.4, 0.5) is 13.2 Å². The van der Waals surface area contributed by atoms with E-state index < -0.39 is 17.5 Å². The van der Waals surface area contributed by atoms with Crippen LogP contribution in [0.15, 0.2) is 30.9 Å². The van der Waals surface area contributed by atoms with Crippen molar-refractivity contribution in [2.45, 2.75) is 89.9 Å². The van der Waals surface area contributed by atoms with Crippen molar-refractivity contribution in [2.24, 2.45) is 17.8 Å². The Bertz CT molecular complexity index is 947. The monoisotopic (exact) mass is 442 g/mol. The van der Waals surface area contributed by atoms with E-state index in [-0.39, 0.29) is 11.3 Å². The van der Waals surface area contributed by atoms with Gasteiger partial charge in [-0.3, -0.25) is 0 Å². The van der Waals surface area contributed by atoms with E-state index in [1.807, 2.05) is 0 Å². The number of halogens is 3. The minimum absolute atomic E-state index is 0.0373. The van der Waals surface area contributed by atoms with Gasteiger partial charge in [-0.05, 0) is 91.2 Å². The molecule has 0 aliphatic heterocycles. The zero-order valence-electron chi connectivity index (χ0n) is 19.4. The summed E-state index contributed by atoms with van der Waals surface area (Å²) in [6.45, 7) is 5.91. The van der Waals surface area contributed by atoms with Crippen LogP contribution in [-0.4, -0.2) is 0 Å². The summed E-state index contributed by atoms with van der Waals surface area (Å²) in [7, 11) is 0. The molecule has 2 aromatic rings. The third-order valence-electron chi connectivity index (χ3n) is 8.23. The third-order valence-corrected chi connectivity index (χ3v) is 8.23. The van der Waals surface area contributed by atoms with Gasteiger partial charge in [0.05, 0.1) is 5.39 Å². The van der Waals surface area contributed by atoms with Crippen LogP contribution in [0, 0.1) is 35.2 Å². The molecule has 0 spiro atoms. The highest BCUT2D eigenvalue weighted by molar-refractivity contribution is 5.85. The molecule has 0 N–H and O–H groups in total. The molecule has 2 aromatic carbocycles. The lowest BCUT2D eigenvalue weighted by Crippen LogP contribution is -2.30. The molecule has 0 amide bonds. The number of aryl methyl sites for hydroxylation is 1. The molecule has 0 aromatic heterocycles. The second-order valence-electron chi connectivity index (χ2n) is 10.3. The largest absolute Gasteiger partial charge is 0.206 e. The fraction of sp³-hybridized carbons (Fsp3) is 0.586. The van der Waals surface area contributed by atoms with Crippen molar-refractivity contribution >= 4 is 10.8 Å². The second kappa shape index (κ2) is 10.4. The molecule has 4 atom stereocenters. The van der Waals surface area contributed by atoms with E-state index in [2.05, 4.69) is 13.5 Å². The topological polar surface area (TPSA) is 0 Å². The van der Waals surface area contributed by atoms with Gasteiger partial charge >= 0.3 is 0 Å². The van der Waals surface area contributed by atoms with Crippen LogP contribution in [-0.2, 0) is 6.42 Å². The van der Waals surface area contributed by atoms with Gasteiger partial charge in [0.2, 0.25) is 0 Å². The van der Waals surface area contributed by atoms with E-state index in [4.69, 9.17) is 0 Å². The lowest BCUT2D eigenvalue weighted by Gasteiger charge is -2.42. The van der Waals surface area contributed by atoms with Crippen LogP contribution >= 0.6 is 0 Å². The van der Waals surface area contributed by atoms with Gasteiger partial charge in [-0.1, -0.05) is 57.2 Å². The zero-order valence-corrected chi connectivity index (χ0v) is 19.4. The maximum absolute atomic E-state index is 15.2. The zero-order chi connectivity index (χ0) is 22.7. The van der Waals surface area contributed by atoms with Gasteiger partial charge in [0.1, 0.15) is 5.82 Å². The molecule has 4 unspecified atom stereocenters. The van der Waals surface area contributed by atoms with Crippen molar-refractivity contribution in [1.29, 1.82) is 0 Å². The molecular formula is C29H37F3. The predicted octanol–water partition coefficient (Wildman–Crippen LogP) is 9.26. The van der Waals surface area contributed by atoms with Gasteiger partial charge < -0.3 is 0 Å². The lowest BCUT2D eigenvalue weighted by atomic mass is 9.63. The van der Waals surface area contributed by atoms with Crippen LogP contribution in [0.5, 0.6) is 0 Å². The average molecular weight is 443 g/mol. The fourth-order valence-electron chi connectivity index (χ4n) is 6.41. The van der Waals surface area contributed by atoms with Crippen LogP contribution in [0.1, 0.15) is 94.6 Å². The van der Waals surface area contributed by atoms with Crippen LogP contribution in [0.2, 0.25) is 0 Å². The van der Waals surface area contributed by atoms with E-state index in [0.29, 0.717) is 35.3 Å². The maximum Gasteiger partial charge on any atom is 0.169 e. The molecule has 0 heterocycles. The molecule has 4 rings (SSSR count). The average Bonchev–Trinajstić information content (AvgIpc) is 2.80. The van der Waals surface area contributed by atoms with Gasteiger partial charge in [-0.15, -0.1) is 6.58 Å². The molecule has 2 aliphatic carbocycles. The normalized spacial score (nSPS) is 25.6. The molecule has 0 radical (unpaired) electrons. The van der Waals surface area contributed by atoms with Crippen LogP contribution in [0.3, 0.4) is 0 Å². The lowest BCUT2D eigenvalue weighted by molar-refractivity contribution is 0.112. The summed E-state index contributed by atoms with van der Waals surface area (Å²) in [4.78, 5) is 0. The van der Waals surface area contributed by atoms with Gasteiger partial charge in [0, 0.05) is 0 Å². The number of rotatable bonds is 8. The number of hydrogen-bond donors (Lipinski definition) is 0. The number of benzene rings is 2. The van der Waals surface area contributed by atoms with Crippen molar-refractivity contribution in [3.05, 3.63) is 59.4 Å². The number of allylic oxidation sites excluding steroid dienone is 1. The minimum Gasteiger partial charge on any atom is -0.206 e. The third kappa shape index (κ3) is 4.77. The Morgan fingerprint density at radius 3 is 2.50 bits per heavy atom. The maximum atomic E-state index is 15.2. The Hall–Kier alpha value is -1.77. The van der Waals surface area contributed by atoms with Crippen molar-refractivity contribution in [3.63, 3.8) is 0 Å². The first kappa shape index (κ1) is 23.4. The first-order valence-electron chi connectivity index (χ1n) is 12.7. The van der Waals surface area contributed by atoms with Crippen molar-refractivity contribution in [3.8, 4) is 0 Å². The summed E-state index contributed by atoms with van der Waals surface area (Å²) >= 11 is 0. The summed E-state index contributed by atoms with van der Waals surface area (Å²) in [5, 5.41) is 0.273. The first-order valence-corrected chi connectivity index (χ1v) is 12.7. The molecule has 32 heavy (non-hydrogen) atoms. The Morgan fingerprint density at radius 2 is 1.72 bits per heavy atom. The summed E-state index contributed by atoms with van der Waals surface area (Å²) in [5.74, 6) is -0.233. The van der Waals surface area contributed by atoms with E-state index in [1.54, 1.807) is 24.3 Å². The molecule has 3 heteroatoms.